The van der Waals surface area contributed by atoms with Crippen molar-refractivity contribution in [2.24, 2.45) is 5.73 Å². The Morgan fingerprint density at radius 1 is 1.53 bits per heavy atom. The van der Waals surface area contributed by atoms with Crippen molar-refractivity contribution in [3.63, 3.8) is 0 Å². The molecule has 0 saturated carbocycles. The summed E-state index contributed by atoms with van der Waals surface area (Å²) >= 11 is 1.46. The van der Waals surface area contributed by atoms with Crippen LogP contribution in [0.5, 0.6) is 0 Å². The highest BCUT2D eigenvalue weighted by Crippen LogP contribution is 2.10. The Balaban J connectivity index is 1.95. The predicted molar refractivity (Wildman–Crippen MR) is 75.0 cm³/mol. The Kier molecular flexibility index (Phi) is 4.59. The quantitative estimate of drug-likeness (QED) is 0.862. The summed E-state index contributed by atoms with van der Waals surface area (Å²) in [6, 6.07) is 1.92. The van der Waals surface area contributed by atoms with Crippen LogP contribution in [-0.4, -0.2) is 22.4 Å². The van der Waals surface area contributed by atoms with Crippen molar-refractivity contribution in [2.75, 3.05) is 6.54 Å². The molecule has 0 fully saturated rings. The van der Waals surface area contributed by atoms with Gasteiger partial charge in [-0.25, -0.2) is 4.98 Å². The largest absolute Gasteiger partial charge is 0.347 e. The van der Waals surface area contributed by atoms with E-state index in [2.05, 4.69) is 15.3 Å². The number of carbonyl (C=O) groups is 1. The molecule has 2 aromatic rings. The first-order valence-electron chi connectivity index (χ1n) is 6.03. The van der Waals surface area contributed by atoms with Gasteiger partial charge in [0.1, 0.15) is 5.69 Å². The van der Waals surface area contributed by atoms with E-state index in [-0.39, 0.29) is 5.91 Å². The molecule has 19 heavy (non-hydrogen) atoms. The zero-order valence-corrected chi connectivity index (χ0v) is 11.5. The zero-order valence-electron chi connectivity index (χ0n) is 10.7. The van der Waals surface area contributed by atoms with Gasteiger partial charge in [0.05, 0.1) is 5.01 Å². The summed E-state index contributed by atoms with van der Waals surface area (Å²) in [7, 11) is 0. The number of aryl methyl sites for hydroxylation is 1. The Labute approximate surface area is 115 Å². The lowest BCUT2D eigenvalue weighted by molar-refractivity contribution is 0.0946. The zero-order chi connectivity index (χ0) is 13.7. The van der Waals surface area contributed by atoms with Crippen LogP contribution in [0.25, 0.3) is 0 Å². The summed E-state index contributed by atoms with van der Waals surface area (Å²) in [5.74, 6) is -0.164. The summed E-state index contributed by atoms with van der Waals surface area (Å²) in [6.07, 6.45) is 4.20. The van der Waals surface area contributed by atoms with E-state index in [9.17, 15) is 4.79 Å². The number of carbonyl (C=O) groups excluding carboxylic acids is 1. The van der Waals surface area contributed by atoms with Gasteiger partial charge in [-0.2, -0.15) is 0 Å². The minimum Gasteiger partial charge on any atom is -0.347 e. The van der Waals surface area contributed by atoms with Gasteiger partial charge >= 0.3 is 0 Å². The van der Waals surface area contributed by atoms with Gasteiger partial charge in [0, 0.05) is 30.7 Å². The number of amides is 1. The molecule has 2 heterocycles. The first-order valence-corrected chi connectivity index (χ1v) is 6.91. The van der Waals surface area contributed by atoms with Gasteiger partial charge < -0.3 is 11.1 Å². The van der Waals surface area contributed by atoms with Gasteiger partial charge in [-0.1, -0.05) is 0 Å². The second-order valence-corrected chi connectivity index (χ2v) is 5.09. The third kappa shape index (κ3) is 3.59. The highest BCUT2D eigenvalue weighted by atomic mass is 32.1. The van der Waals surface area contributed by atoms with E-state index in [1.165, 1.54) is 11.3 Å². The molecule has 0 saturated heterocycles. The van der Waals surface area contributed by atoms with Crippen molar-refractivity contribution >= 4 is 17.2 Å². The fourth-order valence-electron chi connectivity index (χ4n) is 1.60. The van der Waals surface area contributed by atoms with Crippen LogP contribution in [0.1, 0.15) is 26.6 Å². The van der Waals surface area contributed by atoms with Crippen LogP contribution >= 0.6 is 11.3 Å². The van der Waals surface area contributed by atoms with E-state index in [4.69, 9.17) is 5.73 Å². The molecule has 0 aliphatic rings. The third-order valence-electron chi connectivity index (χ3n) is 2.73. The van der Waals surface area contributed by atoms with Crippen molar-refractivity contribution < 1.29 is 4.79 Å². The minimum atomic E-state index is -0.164. The number of hydrogen-bond acceptors (Lipinski definition) is 5. The first kappa shape index (κ1) is 13.6. The number of nitrogens with two attached hydrogens (primary N) is 1. The number of nitrogens with zero attached hydrogens (tertiary/aromatic N) is 2. The van der Waals surface area contributed by atoms with E-state index in [0.717, 1.165) is 16.1 Å². The standard InChI is InChI=1S/C13H16N4OS/c1-9-3-5-15-6-10(9)7-16-13(18)11-8-19-12(17-11)2-4-14/h3,5-6,8H,2,4,7,14H2,1H3,(H,16,18). The first-order chi connectivity index (χ1) is 9.20. The van der Waals surface area contributed by atoms with Crippen LogP contribution < -0.4 is 11.1 Å². The molecule has 0 spiro atoms. The maximum Gasteiger partial charge on any atom is 0.271 e. The molecule has 0 aromatic carbocycles. The van der Waals surface area contributed by atoms with E-state index in [1.807, 2.05) is 13.0 Å². The maximum absolute atomic E-state index is 11.9. The molecular weight excluding hydrogens is 260 g/mol. The lowest BCUT2D eigenvalue weighted by atomic mass is 10.1. The van der Waals surface area contributed by atoms with Crippen LogP contribution in [0.4, 0.5) is 0 Å². The van der Waals surface area contributed by atoms with E-state index >= 15 is 0 Å². The number of rotatable bonds is 5. The fraction of sp³-hybridized carbons (Fsp3) is 0.308. The molecule has 3 N–H and O–H groups in total. The van der Waals surface area contributed by atoms with Gasteiger partial charge in [0.15, 0.2) is 0 Å². The van der Waals surface area contributed by atoms with Crippen molar-refractivity contribution in [3.8, 4) is 0 Å². The van der Waals surface area contributed by atoms with Gasteiger partial charge in [0.25, 0.3) is 5.91 Å². The number of thiazole rings is 1. The Bertz CT molecular complexity index is 567. The summed E-state index contributed by atoms with van der Waals surface area (Å²) in [6.45, 7) is 3.00. The maximum atomic E-state index is 11.9. The predicted octanol–water partition coefficient (Wildman–Crippen LogP) is 1.28. The number of aromatic nitrogens is 2. The van der Waals surface area contributed by atoms with Crippen molar-refractivity contribution in [1.82, 2.24) is 15.3 Å². The average Bonchev–Trinajstić information content (AvgIpc) is 2.87. The Hall–Kier alpha value is -1.79. The molecule has 0 bridgehead atoms. The SMILES string of the molecule is Cc1ccncc1CNC(=O)c1csc(CCN)n1. The monoisotopic (exact) mass is 276 g/mol. The molecule has 1 amide bonds. The van der Waals surface area contributed by atoms with Gasteiger partial charge in [-0.05, 0) is 30.7 Å². The van der Waals surface area contributed by atoms with E-state index in [0.29, 0.717) is 25.2 Å². The molecular formula is C13H16N4OS. The summed E-state index contributed by atoms with van der Waals surface area (Å²) in [5.41, 5.74) is 8.03. The highest BCUT2D eigenvalue weighted by Gasteiger charge is 2.10. The Morgan fingerprint density at radius 2 is 2.37 bits per heavy atom. The van der Waals surface area contributed by atoms with Crippen LogP contribution in [0.15, 0.2) is 23.8 Å². The van der Waals surface area contributed by atoms with Crippen molar-refractivity contribution in [1.29, 1.82) is 0 Å². The summed E-state index contributed by atoms with van der Waals surface area (Å²) < 4.78 is 0. The topological polar surface area (TPSA) is 80.9 Å². The molecule has 2 rings (SSSR count). The molecule has 5 nitrogen and oxygen atoms in total. The third-order valence-corrected chi connectivity index (χ3v) is 3.64. The second-order valence-electron chi connectivity index (χ2n) is 4.15. The van der Waals surface area contributed by atoms with Crippen molar-refractivity contribution in [3.05, 3.63) is 45.7 Å². The normalized spacial score (nSPS) is 10.4. The molecule has 100 valence electrons. The van der Waals surface area contributed by atoms with Gasteiger partial charge in [-0.15, -0.1) is 11.3 Å². The van der Waals surface area contributed by atoms with Crippen LogP contribution in [0.2, 0.25) is 0 Å². The minimum absolute atomic E-state index is 0.164. The van der Waals surface area contributed by atoms with Crippen LogP contribution in [-0.2, 0) is 13.0 Å². The van der Waals surface area contributed by atoms with E-state index < -0.39 is 0 Å². The lowest BCUT2D eigenvalue weighted by Gasteiger charge is -2.05. The molecule has 0 aliphatic carbocycles. The average molecular weight is 276 g/mol. The fourth-order valence-corrected chi connectivity index (χ4v) is 2.40. The lowest BCUT2D eigenvalue weighted by Crippen LogP contribution is -2.23. The van der Waals surface area contributed by atoms with Crippen LogP contribution in [0.3, 0.4) is 0 Å². The number of pyridine rings is 1. The smallest absolute Gasteiger partial charge is 0.271 e. The molecule has 0 aliphatic heterocycles. The molecule has 0 radical (unpaired) electrons. The highest BCUT2D eigenvalue weighted by molar-refractivity contribution is 7.09. The summed E-state index contributed by atoms with van der Waals surface area (Å²) in [4.78, 5) is 20.2. The van der Waals surface area contributed by atoms with Gasteiger partial charge in [0.2, 0.25) is 0 Å². The van der Waals surface area contributed by atoms with E-state index in [1.54, 1.807) is 17.8 Å². The van der Waals surface area contributed by atoms with Crippen LogP contribution in [0, 0.1) is 6.92 Å². The second kappa shape index (κ2) is 6.40. The Morgan fingerprint density at radius 3 is 3.11 bits per heavy atom. The van der Waals surface area contributed by atoms with Crippen molar-refractivity contribution in [2.45, 2.75) is 19.9 Å². The molecule has 0 atom stereocenters. The van der Waals surface area contributed by atoms with Gasteiger partial charge in [-0.3, -0.25) is 9.78 Å². The molecule has 2 aromatic heterocycles. The molecule has 6 heteroatoms. The summed E-state index contributed by atoms with van der Waals surface area (Å²) in [5, 5.41) is 5.50. The molecule has 0 unspecified atom stereocenters. The number of hydrogen-bond donors (Lipinski definition) is 2. The number of nitrogens with one attached hydrogen (secondary N) is 1.